The second-order valence-corrected chi connectivity index (χ2v) is 3.59. The Kier molecular flexibility index (Phi) is 3.14. The van der Waals surface area contributed by atoms with E-state index in [9.17, 15) is 9.70 Å². The van der Waals surface area contributed by atoms with Crippen molar-refractivity contribution >= 4 is 24.8 Å². The van der Waals surface area contributed by atoms with Crippen molar-refractivity contribution < 1.29 is 4.79 Å². The number of hydrogen-bond acceptors (Lipinski definition) is 3. The molecular formula is C13H8BNO2. The number of benzene rings is 2. The van der Waals surface area contributed by atoms with Crippen LogP contribution in [0.15, 0.2) is 53.7 Å². The van der Waals surface area contributed by atoms with Gasteiger partial charge in [-0.1, -0.05) is 41.9 Å². The van der Waals surface area contributed by atoms with Crippen molar-refractivity contribution in [1.82, 2.24) is 0 Å². The van der Waals surface area contributed by atoms with E-state index in [1.54, 1.807) is 42.5 Å². The normalized spacial score (nSPS) is 9.88. The fourth-order valence-corrected chi connectivity index (χ4v) is 1.51. The molecule has 2 radical (unpaired) electrons. The summed E-state index contributed by atoms with van der Waals surface area (Å²) in [6, 6.07) is 12.9. The molecule has 0 fully saturated rings. The minimum atomic E-state index is -0.157. The lowest BCUT2D eigenvalue weighted by Gasteiger charge is -2.02. The smallest absolute Gasteiger partial charge is 0.193 e. The Labute approximate surface area is 99.9 Å². The Morgan fingerprint density at radius 3 is 2.35 bits per heavy atom. The van der Waals surface area contributed by atoms with Crippen LogP contribution in [-0.4, -0.2) is 13.6 Å². The molecule has 2 aromatic carbocycles. The Balaban J connectivity index is 2.36. The van der Waals surface area contributed by atoms with Gasteiger partial charge in [0.25, 0.3) is 0 Å². The zero-order valence-corrected chi connectivity index (χ0v) is 8.96. The van der Waals surface area contributed by atoms with Crippen molar-refractivity contribution in [2.75, 3.05) is 0 Å². The zero-order valence-electron chi connectivity index (χ0n) is 8.96. The van der Waals surface area contributed by atoms with Gasteiger partial charge in [-0.3, -0.25) is 4.79 Å². The number of carbonyl (C=O) groups is 1. The van der Waals surface area contributed by atoms with Gasteiger partial charge < -0.3 is 0 Å². The van der Waals surface area contributed by atoms with Gasteiger partial charge in [0.05, 0.1) is 0 Å². The number of carbonyl (C=O) groups excluding carboxylic acids is 1. The Morgan fingerprint density at radius 2 is 1.71 bits per heavy atom. The van der Waals surface area contributed by atoms with Gasteiger partial charge in [-0.15, -0.1) is 4.91 Å². The molecule has 0 aliphatic rings. The van der Waals surface area contributed by atoms with Gasteiger partial charge in [0, 0.05) is 11.1 Å². The average Bonchev–Trinajstić information content (AvgIpc) is 2.39. The molecule has 0 bridgehead atoms. The molecule has 0 saturated carbocycles. The fourth-order valence-electron chi connectivity index (χ4n) is 1.51. The van der Waals surface area contributed by atoms with E-state index in [1.165, 1.54) is 6.07 Å². The summed E-state index contributed by atoms with van der Waals surface area (Å²) >= 11 is 0. The van der Waals surface area contributed by atoms with E-state index in [0.29, 0.717) is 16.6 Å². The predicted molar refractivity (Wildman–Crippen MR) is 67.2 cm³/mol. The van der Waals surface area contributed by atoms with E-state index >= 15 is 0 Å². The molecular weight excluding hydrogens is 213 g/mol. The topological polar surface area (TPSA) is 46.5 Å². The first-order valence-electron chi connectivity index (χ1n) is 5.04. The Hall–Kier alpha value is -2.23. The summed E-state index contributed by atoms with van der Waals surface area (Å²) in [5, 5.41) is 2.80. The van der Waals surface area contributed by atoms with E-state index in [1.807, 2.05) is 0 Å². The number of rotatable bonds is 3. The minimum Gasteiger partial charge on any atom is -0.289 e. The van der Waals surface area contributed by atoms with E-state index < -0.39 is 0 Å². The van der Waals surface area contributed by atoms with Crippen LogP contribution in [0.1, 0.15) is 15.9 Å². The maximum atomic E-state index is 12.0. The van der Waals surface area contributed by atoms with Crippen molar-refractivity contribution in [2.24, 2.45) is 5.18 Å². The van der Waals surface area contributed by atoms with Gasteiger partial charge >= 0.3 is 0 Å². The molecule has 2 aromatic rings. The van der Waals surface area contributed by atoms with Crippen molar-refractivity contribution in [3.8, 4) is 0 Å². The van der Waals surface area contributed by atoms with E-state index in [0.717, 1.165) is 0 Å². The number of hydrogen-bond donors (Lipinski definition) is 0. The molecule has 0 saturated heterocycles. The summed E-state index contributed by atoms with van der Waals surface area (Å²) in [6.07, 6.45) is 0. The summed E-state index contributed by atoms with van der Waals surface area (Å²) in [4.78, 5) is 22.4. The number of ketones is 1. The Bertz CT molecular complexity index is 564. The predicted octanol–water partition coefficient (Wildman–Crippen LogP) is 2.11. The third-order valence-electron chi connectivity index (χ3n) is 2.39. The molecule has 0 aliphatic heterocycles. The fraction of sp³-hybridized carbons (Fsp3) is 0. The van der Waals surface area contributed by atoms with Crippen LogP contribution in [0, 0.1) is 4.91 Å². The molecule has 0 amide bonds. The third-order valence-corrected chi connectivity index (χ3v) is 2.39. The molecule has 80 valence electrons. The first-order valence-corrected chi connectivity index (χ1v) is 5.04. The van der Waals surface area contributed by atoms with Crippen molar-refractivity contribution in [2.45, 2.75) is 0 Å². The molecule has 0 unspecified atom stereocenters. The average molecular weight is 221 g/mol. The Morgan fingerprint density at radius 1 is 1.00 bits per heavy atom. The molecule has 0 atom stereocenters. The highest BCUT2D eigenvalue weighted by atomic mass is 16.3. The van der Waals surface area contributed by atoms with Gasteiger partial charge in [0.1, 0.15) is 13.5 Å². The van der Waals surface area contributed by atoms with Crippen LogP contribution in [0.2, 0.25) is 0 Å². The number of nitroso groups, excluding NO2 is 1. The van der Waals surface area contributed by atoms with Crippen LogP contribution >= 0.6 is 0 Å². The van der Waals surface area contributed by atoms with E-state index in [4.69, 9.17) is 7.85 Å². The van der Waals surface area contributed by atoms with Crippen LogP contribution in [-0.2, 0) is 0 Å². The summed E-state index contributed by atoms with van der Waals surface area (Å²) in [7, 11) is 5.54. The molecule has 17 heavy (non-hydrogen) atoms. The molecule has 0 spiro atoms. The molecule has 0 heterocycles. The maximum absolute atomic E-state index is 12.0. The summed E-state index contributed by atoms with van der Waals surface area (Å²) in [5.74, 6) is -0.157. The molecule has 0 aliphatic carbocycles. The molecule has 0 aromatic heterocycles. The van der Waals surface area contributed by atoms with Crippen LogP contribution < -0.4 is 5.46 Å². The highest BCUT2D eigenvalue weighted by molar-refractivity contribution is 6.32. The maximum Gasteiger partial charge on any atom is 0.193 e. The van der Waals surface area contributed by atoms with Gasteiger partial charge in [-0.05, 0) is 17.3 Å². The van der Waals surface area contributed by atoms with E-state index in [-0.39, 0.29) is 11.5 Å². The van der Waals surface area contributed by atoms with Crippen LogP contribution in [0.5, 0.6) is 0 Å². The molecule has 2 rings (SSSR count). The largest absolute Gasteiger partial charge is 0.289 e. The lowest BCUT2D eigenvalue weighted by Crippen LogP contribution is -2.05. The second-order valence-electron chi connectivity index (χ2n) is 3.59. The number of nitrogens with zero attached hydrogens (tertiary/aromatic N) is 1. The van der Waals surface area contributed by atoms with E-state index in [2.05, 4.69) is 5.18 Å². The van der Waals surface area contributed by atoms with Crippen LogP contribution in [0.4, 0.5) is 5.69 Å². The van der Waals surface area contributed by atoms with Gasteiger partial charge in [0.15, 0.2) is 5.78 Å². The SMILES string of the molecule is [B]c1ccc(C(=O)c2cccc(N=O)c2)cc1. The highest BCUT2D eigenvalue weighted by Crippen LogP contribution is 2.16. The standard InChI is InChI=1S/C13H8BNO2/c14-11-6-4-9(5-7-11)13(16)10-2-1-3-12(8-10)15-17/h1-8H. The van der Waals surface area contributed by atoms with Crippen LogP contribution in [0.25, 0.3) is 0 Å². The highest BCUT2D eigenvalue weighted by Gasteiger charge is 2.09. The first kappa shape index (κ1) is 11.3. The summed E-state index contributed by atoms with van der Waals surface area (Å²) in [5.41, 5.74) is 1.81. The lowest BCUT2D eigenvalue weighted by atomic mass is 9.93. The zero-order chi connectivity index (χ0) is 12.3. The summed E-state index contributed by atoms with van der Waals surface area (Å²) < 4.78 is 0. The third kappa shape index (κ3) is 2.48. The van der Waals surface area contributed by atoms with Gasteiger partial charge in [-0.2, -0.15) is 0 Å². The van der Waals surface area contributed by atoms with Crippen molar-refractivity contribution in [3.05, 3.63) is 64.6 Å². The first-order chi connectivity index (χ1) is 8.20. The quantitative estimate of drug-likeness (QED) is 0.452. The second kappa shape index (κ2) is 4.74. The van der Waals surface area contributed by atoms with Crippen molar-refractivity contribution in [3.63, 3.8) is 0 Å². The van der Waals surface area contributed by atoms with Crippen LogP contribution in [0.3, 0.4) is 0 Å². The van der Waals surface area contributed by atoms with Gasteiger partial charge in [0.2, 0.25) is 0 Å². The molecule has 3 nitrogen and oxygen atoms in total. The molecule has 0 N–H and O–H groups in total. The minimum absolute atomic E-state index is 0.157. The monoisotopic (exact) mass is 221 g/mol. The molecule has 4 heteroatoms. The van der Waals surface area contributed by atoms with Gasteiger partial charge in [-0.25, -0.2) is 0 Å². The lowest BCUT2D eigenvalue weighted by molar-refractivity contribution is 0.103. The van der Waals surface area contributed by atoms with Crippen molar-refractivity contribution in [1.29, 1.82) is 0 Å². The summed E-state index contributed by atoms with van der Waals surface area (Å²) in [6.45, 7) is 0.